The molecule has 0 aliphatic carbocycles. The molecular formula is C16H19N3OS. The molecule has 110 valence electrons. The van der Waals surface area contributed by atoms with Gasteiger partial charge < -0.3 is 9.73 Å². The van der Waals surface area contributed by atoms with Gasteiger partial charge in [-0.05, 0) is 49.7 Å². The molecule has 5 heteroatoms. The lowest BCUT2D eigenvalue weighted by molar-refractivity contribution is 0.437. The minimum Gasteiger partial charge on any atom is -0.466 e. The summed E-state index contributed by atoms with van der Waals surface area (Å²) in [5, 5.41) is 3.48. The number of hydrogen-bond acceptors (Lipinski definition) is 5. The van der Waals surface area contributed by atoms with Crippen molar-refractivity contribution in [2.24, 2.45) is 0 Å². The van der Waals surface area contributed by atoms with Gasteiger partial charge in [-0.25, -0.2) is 0 Å². The fourth-order valence-electron chi connectivity index (χ4n) is 2.35. The van der Waals surface area contributed by atoms with Crippen molar-refractivity contribution in [3.63, 3.8) is 0 Å². The quantitative estimate of drug-likeness (QED) is 0.702. The first-order chi connectivity index (χ1) is 10.2. The summed E-state index contributed by atoms with van der Waals surface area (Å²) < 4.78 is 14.1. The number of rotatable bonds is 6. The van der Waals surface area contributed by atoms with Gasteiger partial charge in [0.05, 0.1) is 11.7 Å². The number of nitrogens with zero attached hydrogens (tertiary/aromatic N) is 2. The third-order valence-corrected chi connectivity index (χ3v) is 4.20. The van der Waals surface area contributed by atoms with Gasteiger partial charge in [-0.15, -0.1) is 0 Å². The lowest BCUT2D eigenvalue weighted by Gasteiger charge is -2.09. The molecule has 0 aliphatic heterocycles. The van der Waals surface area contributed by atoms with Gasteiger partial charge in [0.1, 0.15) is 22.6 Å². The summed E-state index contributed by atoms with van der Waals surface area (Å²) in [5.41, 5.74) is 3.21. The SMILES string of the molecule is Cc1ccc(C(C)CCNCc2ccc3nsnc3c2)o1. The Hall–Kier alpha value is -1.72. The van der Waals surface area contributed by atoms with E-state index in [1.54, 1.807) is 0 Å². The second-order valence-corrected chi connectivity index (χ2v) is 5.93. The number of hydrogen-bond donors (Lipinski definition) is 1. The molecule has 0 radical (unpaired) electrons. The molecule has 1 atom stereocenters. The Labute approximate surface area is 128 Å². The molecule has 1 N–H and O–H groups in total. The van der Waals surface area contributed by atoms with Gasteiger partial charge >= 0.3 is 0 Å². The summed E-state index contributed by atoms with van der Waals surface area (Å²) >= 11 is 1.26. The van der Waals surface area contributed by atoms with E-state index in [1.807, 2.05) is 19.1 Å². The van der Waals surface area contributed by atoms with Gasteiger partial charge in [0.25, 0.3) is 0 Å². The molecule has 0 aliphatic rings. The van der Waals surface area contributed by atoms with Crippen LogP contribution < -0.4 is 5.32 Å². The second-order valence-electron chi connectivity index (χ2n) is 5.40. The topological polar surface area (TPSA) is 51.0 Å². The Kier molecular flexibility index (Phi) is 4.31. The molecule has 3 aromatic rings. The maximum absolute atomic E-state index is 5.66. The Balaban J connectivity index is 1.47. The highest BCUT2D eigenvalue weighted by Crippen LogP contribution is 2.20. The van der Waals surface area contributed by atoms with Crippen LogP contribution in [0, 0.1) is 6.92 Å². The van der Waals surface area contributed by atoms with Crippen LogP contribution in [0.4, 0.5) is 0 Å². The molecule has 0 saturated heterocycles. The van der Waals surface area contributed by atoms with Crippen LogP contribution in [-0.4, -0.2) is 15.3 Å². The summed E-state index contributed by atoms with van der Waals surface area (Å²) in [5.74, 6) is 2.50. The van der Waals surface area contributed by atoms with Gasteiger partial charge in [0.2, 0.25) is 0 Å². The van der Waals surface area contributed by atoms with Crippen LogP contribution in [0.1, 0.15) is 36.3 Å². The lowest BCUT2D eigenvalue weighted by Crippen LogP contribution is -2.16. The Morgan fingerprint density at radius 3 is 2.86 bits per heavy atom. The van der Waals surface area contributed by atoms with Crippen molar-refractivity contribution < 1.29 is 4.42 Å². The van der Waals surface area contributed by atoms with Gasteiger partial charge in [-0.1, -0.05) is 13.0 Å². The van der Waals surface area contributed by atoms with E-state index in [2.05, 4.69) is 39.2 Å². The van der Waals surface area contributed by atoms with Crippen molar-refractivity contribution in [3.05, 3.63) is 47.4 Å². The molecular weight excluding hydrogens is 282 g/mol. The second kappa shape index (κ2) is 6.37. The fraction of sp³-hybridized carbons (Fsp3) is 0.375. The molecule has 0 fully saturated rings. The largest absolute Gasteiger partial charge is 0.466 e. The first-order valence-corrected chi connectivity index (χ1v) is 7.93. The van der Waals surface area contributed by atoms with Crippen molar-refractivity contribution in [3.8, 4) is 0 Å². The van der Waals surface area contributed by atoms with E-state index in [4.69, 9.17) is 4.42 Å². The molecule has 0 amide bonds. The highest BCUT2D eigenvalue weighted by molar-refractivity contribution is 7.00. The zero-order chi connectivity index (χ0) is 14.7. The predicted octanol–water partition coefficient (Wildman–Crippen LogP) is 3.88. The average molecular weight is 301 g/mol. The smallest absolute Gasteiger partial charge is 0.107 e. The minimum atomic E-state index is 0.441. The summed E-state index contributed by atoms with van der Waals surface area (Å²) in [4.78, 5) is 0. The normalized spacial score (nSPS) is 12.9. The van der Waals surface area contributed by atoms with Crippen LogP contribution in [0.15, 0.2) is 34.7 Å². The molecule has 2 aromatic heterocycles. The number of benzene rings is 1. The number of aromatic nitrogens is 2. The molecule has 3 rings (SSSR count). The molecule has 1 unspecified atom stereocenters. The molecule has 2 heterocycles. The first-order valence-electron chi connectivity index (χ1n) is 7.20. The number of nitrogens with one attached hydrogen (secondary N) is 1. The Morgan fingerprint density at radius 2 is 2.05 bits per heavy atom. The zero-order valence-corrected chi connectivity index (χ0v) is 13.1. The van der Waals surface area contributed by atoms with E-state index >= 15 is 0 Å². The number of furan rings is 1. The standard InChI is InChI=1S/C16H19N3OS/c1-11(16-6-3-12(2)20-16)7-8-17-10-13-4-5-14-15(9-13)19-21-18-14/h3-6,9,11,17H,7-8,10H2,1-2H3. The van der Waals surface area contributed by atoms with Crippen LogP contribution in [0.2, 0.25) is 0 Å². The molecule has 1 aromatic carbocycles. The highest BCUT2D eigenvalue weighted by atomic mass is 32.1. The van der Waals surface area contributed by atoms with Gasteiger partial charge in [-0.2, -0.15) is 8.75 Å². The molecule has 0 spiro atoms. The molecule has 4 nitrogen and oxygen atoms in total. The third kappa shape index (κ3) is 3.49. The molecule has 0 bridgehead atoms. The van der Waals surface area contributed by atoms with Crippen molar-refractivity contribution >= 4 is 22.8 Å². The van der Waals surface area contributed by atoms with Gasteiger partial charge in [0.15, 0.2) is 0 Å². The maximum atomic E-state index is 5.66. The molecule has 0 saturated carbocycles. The van der Waals surface area contributed by atoms with Crippen LogP contribution in [0.5, 0.6) is 0 Å². The van der Waals surface area contributed by atoms with Crippen LogP contribution in [-0.2, 0) is 6.54 Å². The summed E-state index contributed by atoms with van der Waals surface area (Å²) in [7, 11) is 0. The highest BCUT2D eigenvalue weighted by Gasteiger charge is 2.09. The summed E-state index contributed by atoms with van der Waals surface area (Å²) in [6, 6.07) is 10.3. The number of fused-ring (bicyclic) bond motifs is 1. The Morgan fingerprint density at radius 1 is 1.19 bits per heavy atom. The minimum absolute atomic E-state index is 0.441. The van der Waals surface area contributed by atoms with Crippen LogP contribution >= 0.6 is 11.7 Å². The van der Waals surface area contributed by atoms with Crippen LogP contribution in [0.25, 0.3) is 11.0 Å². The monoisotopic (exact) mass is 301 g/mol. The van der Waals surface area contributed by atoms with Crippen molar-refractivity contribution in [1.29, 1.82) is 0 Å². The van der Waals surface area contributed by atoms with E-state index in [0.717, 1.165) is 42.1 Å². The Bertz CT molecular complexity index is 719. The van der Waals surface area contributed by atoms with Crippen molar-refractivity contribution in [2.75, 3.05) is 6.54 Å². The van der Waals surface area contributed by atoms with E-state index in [9.17, 15) is 0 Å². The lowest BCUT2D eigenvalue weighted by atomic mass is 10.1. The van der Waals surface area contributed by atoms with Crippen molar-refractivity contribution in [1.82, 2.24) is 14.1 Å². The van der Waals surface area contributed by atoms with E-state index in [1.165, 1.54) is 17.3 Å². The van der Waals surface area contributed by atoms with Gasteiger partial charge in [0, 0.05) is 12.5 Å². The summed E-state index contributed by atoms with van der Waals surface area (Å²) in [6.07, 6.45) is 1.06. The third-order valence-electron chi connectivity index (χ3n) is 3.65. The summed E-state index contributed by atoms with van der Waals surface area (Å²) in [6.45, 7) is 6.01. The van der Waals surface area contributed by atoms with E-state index in [-0.39, 0.29) is 0 Å². The maximum Gasteiger partial charge on any atom is 0.107 e. The zero-order valence-electron chi connectivity index (χ0n) is 12.3. The molecule has 21 heavy (non-hydrogen) atoms. The first kappa shape index (κ1) is 14.2. The van der Waals surface area contributed by atoms with Gasteiger partial charge in [-0.3, -0.25) is 0 Å². The number of aryl methyl sites for hydroxylation is 1. The van der Waals surface area contributed by atoms with Crippen molar-refractivity contribution in [2.45, 2.75) is 32.7 Å². The fourth-order valence-corrected chi connectivity index (χ4v) is 2.87. The van der Waals surface area contributed by atoms with E-state index in [0.29, 0.717) is 5.92 Å². The average Bonchev–Trinajstić information content (AvgIpc) is 3.11. The van der Waals surface area contributed by atoms with E-state index < -0.39 is 0 Å². The predicted molar refractivity (Wildman–Crippen MR) is 85.6 cm³/mol. The van der Waals surface area contributed by atoms with Crippen LogP contribution in [0.3, 0.4) is 0 Å².